The lowest BCUT2D eigenvalue weighted by molar-refractivity contribution is -0.121. The van der Waals surface area contributed by atoms with E-state index in [0.717, 1.165) is 5.56 Å². The summed E-state index contributed by atoms with van der Waals surface area (Å²) in [4.78, 5) is 11.4. The fraction of sp³-hybridized carbons (Fsp3) is 0.385. The van der Waals surface area contributed by atoms with Crippen LogP contribution < -0.4 is 5.32 Å². The summed E-state index contributed by atoms with van der Waals surface area (Å²) in [5.74, 6) is 0.0531. The Kier molecular flexibility index (Phi) is 4.53. The van der Waals surface area contributed by atoms with Gasteiger partial charge in [-0.3, -0.25) is 4.79 Å². The van der Waals surface area contributed by atoms with Gasteiger partial charge >= 0.3 is 0 Å². The van der Waals surface area contributed by atoms with E-state index in [1.165, 1.54) is 0 Å². The Morgan fingerprint density at radius 1 is 1.50 bits per heavy atom. The van der Waals surface area contributed by atoms with Gasteiger partial charge in [-0.15, -0.1) is 0 Å². The highest BCUT2D eigenvalue weighted by Gasteiger charge is 2.03. The molecule has 0 heterocycles. The van der Waals surface area contributed by atoms with Crippen molar-refractivity contribution >= 4 is 5.91 Å². The summed E-state index contributed by atoms with van der Waals surface area (Å²) in [5, 5.41) is 11.6. The maximum Gasteiger partial charge on any atom is 0.220 e. The average Bonchev–Trinajstić information content (AvgIpc) is 2.26. The number of rotatable bonds is 4. The van der Waals surface area contributed by atoms with Crippen molar-refractivity contribution in [3.05, 3.63) is 35.4 Å². The van der Waals surface area contributed by atoms with Crippen LogP contribution in [0.25, 0.3) is 0 Å². The van der Waals surface area contributed by atoms with Gasteiger partial charge in [-0.25, -0.2) is 0 Å². The molecule has 1 aromatic rings. The van der Waals surface area contributed by atoms with Gasteiger partial charge < -0.3 is 5.32 Å². The number of nitriles is 1. The van der Waals surface area contributed by atoms with Crippen molar-refractivity contribution in [2.45, 2.75) is 32.7 Å². The molecule has 0 bridgehead atoms. The van der Waals surface area contributed by atoms with E-state index >= 15 is 0 Å². The SMILES string of the molecule is CC(C)NC(=O)CCc1cccc(C#N)c1. The van der Waals surface area contributed by atoms with Crippen molar-refractivity contribution in [2.75, 3.05) is 0 Å². The minimum absolute atomic E-state index is 0.0531. The standard InChI is InChI=1S/C13H16N2O/c1-10(2)15-13(16)7-6-11-4-3-5-12(8-11)9-14/h3-5,8,10H,6-7H2,1-2H3,(H,15,16). The molecule has 16 heavy (non-hydrogen) atoms. The van der Waals surface area contributed by atoms with Crippen LogP contribution in [-0.4, -0.2) is 11.9 Å². The van der Waals surface area contributed by atoms with Crippen LogP contribution in [0.1, 0.15) is 31.4 Å². The molecule has 1 rings (SSSR count). The number of hydrogen-bond acceptors (Lipinski definition) is 2. The molecule has 0 aromatic heterocycles. The van der Waals surface area contributed by atoms with E-state index in [4.69, 9.17) is 5.26 Å². The van der Waals surface area contributed by atoms with E-state index < -0.39 is 0 Å². The van der Waals surface area contributed by atoms with Gasteiger partial charge in [-0.05, 0) is 38.0 Å². The fourth-order valence-electron chi connectivity index (χ4n) is 1.45. The zero-order chi connectivity index (χ0) is 12.0. The number of aryl methyl sites for hydroxylation is 1. The highest BCUT2D eigenvalue weighted by molar-refractivity contribution is 5.76. The first-order chi connectivity index (χ1) is 7.61. The number of benzene rings is 1. The number of nitrogens with one attached hydrogen (secondary N) is 1. The Morgan fingerprint density at radius 3 is 2.88 bits per heavy atom. The quantitative estimate of drug-likeness (QED) is 0.837. The Morgan fingerprint density at radius 2 is 2.25 bits per heavy atom. The van der Waals surface area contributed by atoms with E-state index in [1.807, 2.05) is 32.0 Å². The van der Waals surface area contributed by atoms with E-state index in [1.54, 1.807) is 6.07 Å². The van der Waals surface area contributed by atoms with Gasteiger partial charge in [-0.2, -0.15) is 5.26 Å². The zero-order valence-corrected chi connectivity index (χ0v) is 9.66. The Bertz CT molecular complexity index is 405. The lowest BCUT2D eigenvalue weighted by Gasteiger charge is -2.08. The van der Waals surface area contributed by atoms with E-state index in [-0.39, 0.29) is 11.9 Å². The van der Waals surface area contributed by atoms with Crippen molar-refractivity contribution in [2.24, 2.45) is 0 Å². The summed E-state index contributed by atoms with van der Waals surface area (Å²) < 4.78 is 0. The van der Waals surface area contributed by atoms with Crippen molar-refractivity contribution in [3.63, 3.8) is 0 Å². The van der Waals surface area contributed by atoms with E-state index in [9.17, 15) is 4.79 Å². The molecule has 0 saturated heterocycles. The smallest absolute Gasteiger partial charge is 0.220 e. The molecule has 0 aliphatic heterocycles. The summed E-state index contributed by atoms with van der Waals surface area (Å²) in [7, 11) is 0. The first kappa shape index (κ1) is 12.3. The zero-order valence-electron chi connectivity index (χ0n) is 9.66. The van der Waals surface area contributed by atoms with Crippen molar-refractivity contribution < 1.29 is 4.79 Å². The molecular formula is C13H16N2O. The first-order valence-electron chi connectivity index (χ1n) is 5.40. The van der Waals surface area contributed by atoms with Gasteiger partial charge in [0.15, 0.2) is 0 Å². The Hall–Kier alpha value is -1.82. The first-order valence-corrected chi connectivity index (χ1v) is 5.40. The molecule has 0 radical (unpaired) electrons. The molecule has 0 aliphatic carbocycles. The minimum Gasteiger partial charge on any atom is -0.354 e. The van der Waals surface area contributed by atoms with Crippen molar-refractivity contribution in [1.29, 1.82) is 5.26 Å². The van der Waals surface area contributed by atoms with Gasteiger partial charge in [0.2, 0.25) is 5.91 Å². The van der Waals surface area contributed by atoms with Crippen LogP contribution in [0.2, 0.25) is 0 Å². The largest absolute Gasteiger partial charge is 0.354 e. The molecule has 0 aliphatic rings. The molecule has 0 spiro atoms. The van der Waals surface area contributed by atoms with Crippen LogP contribution in [0.15, 0.2) is 24.3 Å². The normalized spacial score (nSPS) is 9.88. The number of carbonyl (C=O) groups excluding carboxylic acids is 1. The second-order valence-electron chi connectivity index (χ2n) is 4.03. The van der Waals surface area contributed by atoms with Gasteiger partial charge in [0, 0.05) is 12.5 Å². The third-order valence-electron chi connectivity index (χ3n) is 2.15. The van der Waals surface area contributed by atoms with Crippen LogP contribution in [0.4, 0.5) is 0 Å². The van der Waals surface area contributed by atoms with Gasteiger partial charge in [0.1, 0.15) is 0 Å². The van der Waals surface area contributed by atoms with E-state index in [2.05, 4.69) is 11.4 Å². The maximum absolute atomic E-state index is 11.4. The lowest BCUT2D eigenvalue weighted by Crippen LogP contribution is -2.30. The average molecular weight is 216 g/mol. The van der Waals surface area contributed by atoms with Gasteiger partial charge in [-0.1, -0.05) is 12.1 Å². The molecule has 1 aromatic carbocycles. The monoisotopic (exact) mass is 216 g/mol. The highest BCUT2D eigenvalue weighted by Crippen LogP contribution is 2.06. The molecule has 3 heteroatoms. The van der Waals surface area contributed by atoms with Gasteiger partial charge in [0.25, 0.3) is 0 Å². The fourth-order valence-corrected chi connectivity index (χ4v) is 1.45. The van der Waals surface area contributed by atoms with E-state index in [0.29, 0.717) is 18.4 Å². The van der Waals surface area contributed by atoms with Gasteiger partial charge in [0.05, 0.1) is 11.6 Å². The van der Waals surface area contributed by atoms with Crippen LogP contribution in [0.3, 0.4) is 0 Å². The molecule has 84 valence electrons. The molecule has 0 saturated carbocycles. The molecule has 1 N–H and O–H groups in total. The van der Waals surface area contributed by atoms with Crippen molar-refractivity contribution in [3.8, 4) is 6.07 Å². The summed E-state index contributed by atoms with van der Waals surface area (Å²) in [6.07, 6.45) is 1.14. The van der Waals surface area contributed by atoms with Crippen LogP contribution >= 0.6 is 0 Å². The Balaban J connectivity index is 2.49. The molecule has 0 fully saturated rings. The topological polar surface area (TPSA) is 52.9 Å². The lowest BCUT2D eigenvalue weighted by atomic mass is 10.1. The maximum atomic E-state index is 11.4. The summed E-state index contributed by atoms with van der Waals surface area (Å²) in [6.45, 7) is 3.88. The minimum atomic E-state index is 0.0531. The number of carbonyl (C=O) groups is 1. The molecule has 1 amide bonds. The van der Waals surface area contributed by atoms with Crippen LogP contribution in [0, 0.1) is 11.3 Å². The number of nitrogens with zero attached hydrogens (tertiary/aromatic N) is 1. The predicted molar refractivity (Wildman–Crippen MR) is 62.8 cm³/mol. The molecule has 3 nitrogen and oxygen atoms in total. The Labute approximate surface area is 96.1 Å². The second-order valence-corrected chi connectivity index (χ2v) is 4.03. The summed E-state index contributed by atoms with van der Waals surface area (Å²) in [5.41, 5.74) is 1.67. The predicted octanol–water partition coefficient (Wildman–Crippen LogP) is 2.02. The molecule has 0 atom stereocenters. The molecule has 0 unspecified atom stereocenters. The van der Waals surface area contributed by atoms with Crippen LogP contribution in [0.5, 0.6) is 0 Å². The third-order valence-corrected chi connectivity index (χ3v) is 2.15. The second kappa shape index (κ2) is 5.92. The number of hydrogen-bond donors (Lipinski definition) is 1. The molecular weight excluding hydrogens is 200 g/mol. The number of amides is 1. The third kappa shape index (κ3) is 4.14. The summed E-state index contributed by atoms with van der Waals surface area (Å²) >= 11 is 0. The van der Waals surface area contributed by atoms with Crippen molar-refractivity contribution in [1.82, 2.24) is 5.32 Å². The summed E-state index contributed by atoms with van der Waals surface area (Å²) in [6, 6.07) is 9.62. The van der Waals surface area contributed by atoms with Crippen LogP contribution in [-0.2, 0) is 11.2 Å². The highest BCUT2D eigenvalue weighted by atomic mass is 16.1.